The first-order valence-electron chi connectivity index (χ1n) is 7.37. The number of rotatable bonds is 5. The van der Waals surface area contributed by atoms with E-state index in [1.165, 1.54) is 0 Å². The maximum Gasteiger partial charge on any atom is 0.243 e. The van der Waals surface area contributed by atoms with Gasteiger partial charge in [-0.05, 0) is 42.9 Å². The first kappa shape index (κ1) is 15.3. The molecular formula is C15H24N2O2S. The van der Waals surface area contributed by atoms with Gasteiger partial charge >= 0.3 is 0 Å². The van der Waals surface area contributed by atoms with Crippen LogP contribution in [0.4, 0.5) is 5.69 Å². The standard InChI is InChI=1S/C15H24N2O2S/c1-3-5-12-8-9-17(11-12)20(18,19)14-7-6-13(4-2)15(16)10-14/h6-7,10,12H,3-5,8-9,11,16H2,1-2H3. The molecule has 1 aromatic rings. The van der Waals surface area contributed by atoms with E-state index >= 15 is 0 Å². The lowest BCUT2D eigenvalue weighted by Crippen LogP contribution is -2.29. The molecule has 1 atom stereocenters. The highest BCUT2D eigenvalue weighted by Crippen LogP contribution is 2.28. The van der Waals surface area contributed by atoms with Crippen LogP contribution in [0.15, 0.2) is 23.1 Å². The van der Waals surface area contributed by atoms with Crippen molar-refractivity contribution in [2.45, 2.75) is 44.4 Å². The predicted octanol–water partition coefficient (Wildman–Crippen LogP) is 2.64. The Morgan fingerprint density at radius 1 is 1.35 bits per heavy atom. The van der Waals surface area contributed by atoms with Crippen LogP contribution in [0.25, 0.3) is 0 Å². The highest BCUT2D eigenvalue weighted by molar-refractivity contribution is 7.89. The summed E-state index contributed by atoms with van der Waals surface area (Å²) in [5, 5.41) is 0. The van der Waals surface area contributed by atoms with E-state index < -0.39 is 10.0 Å². The average molecular weight is 296 g/mol. The molecule has 20 heavy (non-hydrogen) atoms. The van der Waals surface area contributed by atoms with E-state index in [0.717, 1.165) is 31.2 Å². The lowest BCUT2D eigenvalue weighted by atomic mass is 10.0. The first-order valence-corrected chi connectivity index (χ1v) is 8.81. The minimum absolute atomic E-state index is 0.323. The van der Waals surface area contributed by atoms with Crippen LogP contribution in [0.3, 0.4) is 0 Å². The zero-order valence-electron chi connectivity index (χ0n) is 12.3. The molecule has 1 unspecified atom stereocenters. The van der Waals surface area contributed by atoms with E-state index in [1.807, 2.05) is 13.0 Å². The zero-order valence-corrected chi connectivity index (χ0v) is 13.1. The average Bonchev–Trinajstić information content (AvgIpc) is 2.88. The number of hydrogen-bond acceptors (Lipinski definition) is 3. The van der Waals surface area contributed by atoms with Crippen LogP contribution in [0.5, 0.6) is 0 Å². The van der Waals surface area contributed by atoms with Gasteiger partial charge in [0.1, 0.15) is 0 Å². The summed E-state index contributed by atoms with van der Waals surface area (Å²) in [4.78, 5) is 0.323. The number of nitrogens with two attached hydrogens (primary N) is 1. The first-order chi connectivity index (χ1) is 9.48. The summed E-state index contributed by atoms with van der Waals surface area (Å²) in [6, 6.07) is 5.10. The summed E-state index contributed by atoms with van der Waals surface area (Å²) in [6.45, 7) is 5.42. The van der Waals surface area contributed by atoms with Crippen LogP contribution in [0, 0.1) is 5.92 Å². The lowest BCUT2D eigenvalue weighted by molar-refractivity contribution is 0.444. The van der Waals surface area contributed by atoms with Crippen molar-refractivity contribution in [3.63, 3.8) is 0 Å². The van der Waals surface area contributed by atoms with Gasteiger partial charge in [0.15, 0.2) is 0 Å². The van der Waals surface area contributed by atoms with Crippen molar-refractivity contribution in [2.75, 3.05) is 18.8 Å². The molecular weight excluding hydrogens is 272 g/mol. The molecule has 0 aromatic heterocycles. The van der Waals surface area contributed by atoms with Crippen LogP contribution in [-0.2, 0) is 16.4 Å². The van der Waals surface area contributed by atoms with Crippen molar-refractivity contribution < 1.29 is 8.42 Å². The molecule has 1 heterocycles. The van der Waals surface area contributed by atoms with Gasteiger partial charge in [0, 0.05) is 18.8 Å². The fraction of sp³-hybridized carbons (Fsp3) is 0.600. The van der Waals surface area contributed by atoms with Crippen LogP contribution in [-0.4, -0.2) is 25.8 Å². The number of aryl methyl sites for hydroxylation is 1. The topological polar surface area (TPSA) is 63.4 Å². The maximum absolute atomic E-state index is 12.6. The number of sulfonamides is 1. The summed E-state index contributed by atoms with van der Waals surface area (Å²) in [6.07, 6.45) is 3.99. The molecule has 0 radical (unpaired) electrons. The molecule has 2 N–H and O–H groups in total. The largest absolute Gasteiger partial charge is 0.398 e. The smallest absolute Gasteiger partial charge is 0.243 e. The van der Waals surface area contributed by atoms with Gasteiger partial charge in [-0.15, -0.1) is 0 Å². The monoisotopic (exact) mass is 296 g/mol. The zero-order chi connectivity index (χ0) is 14.8. The Hall–Kier alpha value is -1.07. The van der Waals surface area contributed by atoms with Crippen molar-refractivity contribution >= 4 is 15.7 Å². The van der Waals surface area contributed by atoms with Crippen molar-refractivity contribution in [2.24, 2.45) is 5.92 Å². The van der Waals surface area contributed by atoms with E-state index in [0.29, 0.717) is 29.6 Å². The molecule has 1 fully saturated rings. The van der Waals surface area contributed by atoms with Crippen molar-refractivity contribution in [1.29, 1.82) is 0 Å². The highest BCUT2D eigenvalue weighted by Gasteiger charge is 2.32. The Morgan fingerprint density at radius 3 is 2.70 bits per heavy atom. The number of benzene rings is 1. The Balaban J connectivity index is 2.21. The van der Waals surface area contributed by atoms with E-state index in [2.05, 4.69) is 6.92 Å². The van der Waals surface area contributed by atoms with E-state index in [1.54, 1.807) is 16.4 Å². The molecule has 112 valence electrons. The highest BCUT2D eigenvalue weighted by atomic mass is 32.2. The summed E-state index contributed by atoms with van der Waals surface area (Å²) in [5.41, 5.74) is 7.48. The summed E-state index contributed by atoms with van der Waals surface area (Å²) in [5.74, 6) is 0.502. The van der Waals surface area contributed by atoms with Crippen molar-refractivity contribution in [1.82, 2.24) is 4.31 Å². The molecule has 1 aliphatic rings. The number of nitrogens with zero attached hydrogens (tertiary/aromatic N) is 1. The number of hydrogen-bond donors (Lipinski definition) is 1. The lowest BCUT2D eigenvalue weighted by Gasteiger charge is -2.17. The normalized spacial score (nSPS) is 20.4. The molecule has 5 heteroatoms. The van der Waals surface area contributed by atoms with E-state index in [9.17, 15) is 8.42 Å². The third kappa shape index (κ3) is 2.99. The van der Waals surface area contributed by atoms with Gasteiger partial charge in [0.05, 0.1) is 4.90 Å². The Morgan fingerprint density at radius 2 is 2.10 bits per heavy atom. The van der Waals surface area contributed by atoms with Gasteiger partial charge in [0.2, 0.25) is 10.0 Å². The number of anilines is 1. The van der Waals surface area contributed by atoms with Crippen LogP contribution >= 0.6 is 0 Å². The number of nitrogen functional groups attached to an aromatic ring is 1. The van der Waals surface area contributed by atoms with Gasteiger partial charge in [-0.25, -0.2) is 8.42 Å². The molecule has 0 aliphatic carbocycles. The fourth-order valence-corrected chi connectivity index (χ4v) is 4.43. The maximum atomic E-state index is 12.6. The molecule has 1 saturated heterocycles. The second-order valence-electron chi connectivity index (χ2n) is 5.52. The summed E-state index contributed by atoms with van der Waals surface area (Å²) in [7, 11) is -3.38. The summed E-state index contributed by atoms with van der Waals surface area (Å²) < 4.78 is 26.8. The van der Waals surface area contributed by atoms with Crippen LogP contribution < -0.4 is 5.73 Å². The van der Waals surface area contributed by atoms with Gasteiger partial charge in [-0.1, -0.05) is 26.3 Å². The van der Waals surface area contributed by atoms with Crippen molar-refractivity contribution in [3.05, 3.63) is 23.8 Å². The Kier molecular flexibility index (Phi) is 4.70. The van der Waals surface area contributed by atoms with Crippen LogP contribution in [0.1, 0.15) is 38.7 Å². The third-order valence-electron chi connectivity index (χ3n) is 4.08. The van der Waals surface area contributed by atoms with Gasteiger partial charge < -0.3 is 5.73 Å². The predicted molar refractivity (Wildman–Crippen MR) is 82.0 cm³/mol. The second-order valence-corrected chi connectivity index (χ2v) is 7.46. The fourth-order valence-electron chi connectivity index (χ4n) is 2.86. The molecule has 0 spiro atoms. The SMILES string of the molecule is CCCC1CCN(S(=O)(=O)c2ccc(CC)c(N)c2)C1. The van der Waals surface area contributed by atoms with Gasteiger partial charge in [0.25, 0.3) is 0 Å². The third-order valence-corrected chi connectivity index (χ3v) is 5.94. The molecule has 0 saturated carbocycles. The minimum atomic E-state index is -3.38. The summed E-state index contributed by atoms with van der Waals surface area (Å²) >= 11 is 0. The molecule has 0 bridgehead atoms. The Bertz CT molecular complexity index is 569. The molecule has 2 rings (SSSR count). The molecule has 1 aromatic carbocycles. The minimum Gasteiger partial charge on any atom is -0.398 e. The molecule has 0 amide bonds. The van der Waals surface area contributed by atoms with E-state index in [-0.39, 0.29) is 0 Å². The van der Waals surface area contributed by atoms with Crippen molar-refractivity contribution in [3.8, 4) is 0 Å². The molecule has 4 nitrogen and oxygen atoms in total. The van der Waals surface area contributed by atoms with E-state index in [4.69, 9.17) is 5.73 Å². The van der Waals surface area contributed by atoms with Crippen LogP contribution in [0.2, 0.25) is 0 Å². The Labute approximate surface area is 122 Å². The van der Waals surface area contributed by atoms with Gasteiger partial charge in [-0.3, -0.25) is 0 Å². The van der Waals surface area contributed by atoms with Gasteiger partial charge in [-0.2, -0.15) is 4.31 Å². The second kappa shape index (κ2) is 6.14. The quantitative estimate of drug-likeness (QED) is 0.850. The molecule has 1 aliphatic heterocycles.